The SMILES string of the molecule is CCOc1cc(C=NNC(=O)c2ccc(OCc3ccc(Br)cc3)cc2)ccc1OC(=O)c1cccc(OC)c1. The van der Waals surface area contributed by atoms with Crippen LogP contribution in [0.15, 0.2) is 101 Å². The van der Waals surface area contributed by atoms with Crippen LogP contribution in [0.2, 0.25) is 0 Å². The van der Waals surface area contributed by atoms with Crippen LogP contribution in [0, 0.1) is 0 Å². The lowest BCUT2D eigenvalue weighted by molar-refractivity contribution is 0.0727. The van der Waals surface area contributed by atoms with Crippen molar-refractivity contribution in [1.82, 2.24) is 5.43 Å². The molecule has 0 bridgehead atoms. The summed E-state index contributed by atoms with van der Waals surface area (Å²) in [5.41, 5.74) is 4.97. The minimum Gasteiger partial charge on any atom is -0.497 e. The summed E-state index contributed by atoms with van der Waals surface area (Å²) < 4.78 is 23.2. The molecule has 0 aliphatic carbocycles. The van der Waals surface area contributed by atoms with Gasteiger partial charge < -0.3 is 18.9 Å². The third-order valence-corrected chi connectivity index (χ3v) is 6.12. The van der Waals surface area contributed by atoms with Crippen LogP contribution in [0.4, 0.5) is 0 Å². The van der Waals surface area contributed by atoms with E-state index in [1.807, 2.05) is 31.2 Å². The largest absolute Gasteiger partial charge is 0.497 e. The lowest BCUT2D eigenvalue weighted by Gasteiger charge is -2.11. The Morgan fingerprint density at radius 3 is 2.35 bits per heavy atom. The third kappa shape index (κ3) is 7.94. The zero-order valence-electron chi connectivity index (χ0n) is 21.9. The van der Waals surface area contributed by atoms with E-state index in [4.69, 9.17) is 18.9 Å². The molecule has 0 fully saturated rings. The van der Waals surface area contributed by atoms with Crippen molar-refractivity contribution in [3.05, 3.63) is 118 Å². The Morgan fingerprint density at radius 2 is 1.62 bits per heavy atom. The van der Waals surface area contributed by atoms with Crippen LogP contribution in [0.1, 0.15) is 38.8 Å². The number of carbonyl (C=O) groups is 2. The van der Waals surface area contributed by atoms with Crippen LogP contribution < -0.4 is 24.4 Å². The summed E-state index contributed by atoms with van der Waals surface area (Å²) >= 11 is 3.41. The molecule has 8 nitrogen and oxygen atoms in total. The Labute approximate surface area is 240 Å². The summed E-state index contributed by atoms with van der Waals surface area (Å²) in [4.78, 5) is 25.1. The summed E-state index contributed by atoms with van der Waals surface area (Å²) in [6.07, 6.45) is 1.48. The summed E-state index contributed by atoms with van der Waals surface area (Å²) in [6.45, 7) is 2.61. The normalized spacial score (nSPS) is 10.7. The molecule has 9 heteroatoms. The fourth-order valence-corrected chi connectivity index (χ4v) is 3.81. The van der Waals surface area contributed by atoms with Gasteiger partial charge in [0.2, 0.25) is 0 Å². The Morgan fingerprint density at radius 1 is 0.850 bits per heavy atom. The van der Waals surface area contributed by atoms with Crippen LogP contribution in [0.5, 0.6) is 23.0 Å². The number of methoxy groups -OCH3 is 1. The van der Waals surface area contributed by atoms with Crippen molar-refractivity contribution < 1.29 is 28.5 Å². The van der Waals surface area contributed by atoms with Crippen molar-refractivity contribution in [2.45, 2.75) is 13.5 Å². The van der Waals surface area contributed by atoms with Crippen LogP contribution in [-0.2, 0) is 6.61 Å². The van der Waals surface area contributed by atoms with Gasteiger partial charge >= 0.3 is 5.97 Å². The van der Waals surface area contributed by atoms with Crippen molar-refractivity contribution in [2.24, 2.45) is 5.10 Å². The van der Waals surface area contributed by atoms with Gasteiger partial charge in [-0.25, -0.2) is 10.2 Å². The number of hydrogen-bond donors (Lipinski definition) is 1. The number of carbonyl (C=O) groups excluding carboxylic acids is 2. The van der Waals surface area contributed by atoms with Crippen molar-refractivity contribution in [1.29, 1.82) is 0 Å². The van der Waals surface area contributed by atoms with Gasteiger partial charge in [0.1, 0.15) is 18.1 Å². The molecule has 40 heavy (non-hydrogen) atoms. The van der Waals surface area contributed by atoms with E-state index in [-0.39, 0.29) is 11.7 Å². The highest BCUT2D eigenvalue weighted by molar-refractivity contribution is 9.10. The summed E-state index contributed by atoms with van der Waals surface area (Å²) in [6, 6.07) is 26.3. The van der Waals surface area contributed by atoms with Gasteiger partial charge in [-0.15, -0.1) is 0 Å². The van der Waals surface area contributed by atoms with Gasteiger partial charge in [-0.05, 0) is 90.8 Å². The first kappa shape index (κ1) is 28.4. The Bertz CT molecular complexity index is 1490. The Balaban J connectivity index is 1.34. The number of benzene rings is 4. The number of halogens is 1. The van der Waals surface area contributed by atoms with Crippen molar-refractivity contribution in [3.8, 4) is 23.0 Å². The molecule has 0 atom stereocenters. The number of ether oxygens (including phenoxy) is 4. The lowest BCUT2D eigenvalue weighted by atomic mass is 10.2. The van der Waals surface area contributed by atoms with Gasteiger partial charge in [0.05, 0.1) is 25.5 Å². The van der Waals surface area contributed by atoms with Crippen LogP contribution in [0.25, 0.3) is 0 Å². The molecular formula is C31H27BrN2O6. The van der Waals surface area contributed by atoms with Crippen LogP contribution in [-0.4, -0.2) is 31.8 Å². The average molecular weight is 603 g/mol. The summed E-state index contributed by atoms with van der Waals surface area (Å²) in [5.74, 6) is 0.918. The van der Waals surface area contributed by atoms with Crippen molar-refractivity contribution in [3.63, 3.8) is 0 Å². The number of amides is 1. The number of nitrogens with zero attached hydrogens (tertiary/aromatic N) is 1. The molecule has 4 rings (SSSR count). The fourth-order valence-electron chi connectivity index (χ4n) is 3.55. The molecule has 0 spiro atoms. The molecular weight excluding hydrogens is 576 g/mol. The maximum Gasteiger partial charge on any atom is 0.343 e. The number of hydrazone groups is 1. The predicted molar refractivity (Wildman–Crippen MR) is 156 cm³/mol. The molecule has 0 aromatic heterocycles. The average Bonchev–Trinajstić information content (AvgIpc) is 2.98. The second-order valence-electron chi connectivity index (χ2n) is 8.40. The molecule has 1 amide bonds. The highest BCUT2D eigenvalue weighted by atomic mass is 79.9. The van der Waals surface area contributed by atoms with Crippen LogP contribution in [0.3, 0.4) is 0 Å². The summed E-state index contributed by atoms with van der Waals surface area (Å²) in [7, 11) is 1.53. The fraction of sp³-hybridized carbons (Fsp3) is 0.129. The second-order valence-corrected chi connectivity index (χ2v) is 9.31. The van der Waals surface area contributed by atoms with Gasteiger partial charge in [-0.1, -0.05) is 34.1 Å². The number of nitrogens with one attached hydrogen (secondary N) is 1. The minimum absolute atomic E-state index is 0.262. The molecule has 0 radical (unpaired) electrons. The zero-order valence-corrected chi connectivity index (χ0v) is 23.5. The van der Waals surface area contributed by atoms with E-state index in [2.05, 4.69) is 26.5 Å². The van der Waals surface area contributed by atoms with E-state index in [0.29, 0.717) is 47.2 Å². The van der Waals surface area contributed by atoms with Gasteiger partial charge in [0.25, 0.3) is 5.91 Å². The first-order chi connectivity index (χ1) is 19.4. The van der Waals surface area contributed by atoms with Gasteiger partial charge in [-0.3, -0.25) is 4.79 Å². The van der Waals surface area contributed by atoms with E-state index in [1.165, 1.54) is 13.3 Å². The molecule has 0 unspecified atom stereocenters. The number of rotatable bonds is 11. The molecule has 0 aliphatic rings. The molecule has 204 valence electrons. The molecule has 0 saturated carbocycles. The van der Waals surface area contributed by atoms with E-state index >= 15 is 0 Å². The van der Waals surface area contributed by atoms with Gasteiger partial charge in [-0.2, -0.15) is 5.10 Å². The van der Waals surface area contributed by atoms with E-state index < -0.39 is 5.97 Å². The highest BCUT2D eigenvalue weighted by Crippen LogP contribution is 2.29. The predicted octanol–water partition coefficient (Wildman–Crippen LogP) is 6.42. The molecule has 4 aromatic carbocycles. The second kappa shape index (κ2) is 14.0. The van der Waals surface area contributed by atoms with E-state index in [9.17, 15) is 9.59 Å². The first-order valence-corrected chi connectivity index (χ1v) is 13.2. The molecule has 0 heterocycles. The lowest BCUT2D eigenvalue weighted by Crippen LogP contribution is -2.17. The van der Waals surface area contributed by atoms with E-state index in [0.717, 1.165) is 10.0 Å². The Kier molecular flexibility index (Phi) is 9.90. The first-order valence-electron chi connectivity index (χ1n) is 12.4. The maximum absolute atomic E-state index is 12.6. The molecule has 4 aromatic rings. The standard InChI is InChI=1S/C31H27BrN2O6/c1-3-38-29-17-22(9-16-28(29)40-31(36)24-5-4-6-27(18-24)37-2)19-33-34-30(35)23-10-14-26(15-11-23)39-20-21-7-12-25(32)13-8-21/h4-19H,3,20H2,1-2H3,(H,34,35). The maximum atomic E-state index is 12.6. The van der Waals surface area contributed by atoms with E-state index in [1.54, 1.807) is 66.7 Å². The number of hydrogen-bond acceptors (Lipinski definition) is 7. The Hall–Kier alpha value is -4.63. The van der Waals surface area contributed by atoms with Crippen molar-refractivity contribution >= 4 is 34.0 Å². The quantitative estimate of drug-likeness (QED) is 0.0921. The molecule has 0 saturated heterocycles. The summed E-state index contributed by atoms with van der Waals surface area (Å²) in [5, 5.41) is 4.05. The number of esters is 1. The van der Waals surface area contributed by atoms with Gasteiger partial charge in [0, 0.05) is 10.0 Å². The third-order valence-electron chi connectivity index (χ3n) is 5.59. The van der Waals surface area contributed by atoms with Gasteiger partial charge in [0.15, 0.2) is 11.5 Å². The smallest absolute Gasteiger partial charge is 0.343 e. The minimum atomic E-state index is -0.543. The monoisotopic (exact) mass is 602 g/mol. The molecule has 0 aliphatic heterocycles. The molecule has 1 N–H and O–H groups in total. The zero-order chi connectivity index (χ0) is 28.3. The van der Waals surface area contributed by atoms with Crippen molar-refractivity contribution in [2.75, 3.05) is 13.7 Å². The topological polar surface area (TPSA) is 95.5 Å². The highest BCUT2D eigenvalue weighted by Gasteiger charge is 2.14. The van der Waals surface area contributed by atoms with Crippen LogP contribution >= 0.6 is 15.9 Å².